The van der Waals surface area contributed by atoms with Crippen molar-refractivity contribution >= 4 is 17.5 Å². The largest absolute Gasteiger partial charge is 0.497 e. The molecule has 0 bridgehead atoms. The van der Waals surface area contributed by atoms with Crippen LogP contribution in [0, 0.1) is 0 Å². The van der Waals surface area contributed by atoms with Crippen LogP contribution in [0.3, 0.4) is 0 Å². The van der Waals surface area contributed by atoms with Crippen molar-refractivity contribution in [2.24, 2.45) is 0 Å². The number of amides is 2. The average Bonchev–Trinajstić information content (AvgIpc) is 2.67. The van der Waals surface area contributed by atoms with Crippen molar-refractivity contribution in [3.8, 4) is 11.5 Å². The minimum Gasteiger partial charge on any atom is -0.497 e. The van der Waals surface area contributed by atoms with E-state index in [9.17, 15) is 9.59 Å². The lowest BCUT2D eigenvalue weighted by Crippen LogP contribution is -2.38. The van der Waals surface area contributed by atoms with Crippen LogP contribution in [-0.2, 0) is 16.0 Å². The van der Waals surface area contributed by atoms with Crippen molar-refractivity contribution in [1.82, 2.24) is 4.90 Å². The van der Waals surface area contributed by atoms with Crippen LogP contribution in [0.1, 0.15) is 12.5 Å². The van der Waals surface area contributed by atoms with Crippen molar-refractivity contribution < 1.29 is 19.1 Å². The molecular weight excluding hydrogens is 332 g/mol. The number of para-hydroxylation sites is 2. The number of benzene rings is 2. The van der Waals surface area contributed by atoms with Gasteiger partial charge in [-0.2, -0.15) is 0 Å². The van der Waals surface area contributed by atoms with Gasteiger partial charge in [0.25, 0.3) is 0 Å². The molecule has 0 radical (unpaired) electrons. The number of ether oxygens (including phenoxy) is 2. The second kappa shape index (κ2) is 9.46. The normalized spacial score (nSPS) is 10.1. The van der Waals surface area contributed by atoms with Crippen molar-refractivity contribution in [1.29, 1.82) is 0 Å². The molecule has 0 unspecified atom stereocenters. The molecule has 0 saturated carbocycles. The summed E-state index contributed by atoms with van der Waals surface area (Å²) in [5.41, 5.74) is 1.46. The van der Waals surface area contributed by atoms with Crippen LogP contribution in [0.5, 0.6) is 11.5 Å². The molecular formula is C20H24N2O4. The number of rotatable bonds is 8. The van der Waals surface area contributed by atoms with Gasteiger partial charge in [0.2, 0.25) is 11.8 Å². The van der Waals surface area contributed by atoms with E-state index in [0.29, 0.717) is 18.0 Å². The maximum Gasteiger partial charge on any atom is 0.244 e. The molecule has 0 saturated heterocycles. The molecule has 26 heavy (non-hydrogen) atoms. The number of hydrogen-bond acceptors (Lipinski definition) is 4. The molecule has 0 aliphatic heterocycles. The molecule has 0 aliphatic carbocycles. The first-order chi connectivity index (χ1) is 12.6. The lowest BCUT2D eigenvalue weighted by Gasteiger charge is -2.21. The second-order valence-corrected chi connectivity index (χ2v) is 5.68. The Labute approximate surface area is 153 Å². The van der Waals surface area contributed by atoms with Gasteiger partial charge in [0, 0.05) is 6.54 Å². The molecule has 0 fully saturated rings. The molecule has 2 aromatic rings. The zero-order chi connectivity index (χ0) is 18.9. The first kappa shape index (κ1) is 19.3. The molecule has 2 aromatic carbocycles. The standard InChI is InChI=1S/C20H24N2O4/c1-4-22(20(24)13-15-9-11-16(25-2)12-10-15)14-19(23)21-17-7-5-6-8-18(17)26-3/h5-12H,4,13-14H2,1-3H3,(H,21,23). The van der Waals surface area contributed by atoms with Gasteiger partial charge >= 0.3 is 0 Å². The molecule has 2 amide bonds. The Morgan fingerprint density at radius 1 is 1.00 bits per heavy atom. The zero-order valence-corrected chi connectivity index (χ0v) is 15.3. The Hall–Kier alpha value is -3.02. The van der Waals surface area contributed by atoms with Gasteiger partial charge in [-0.15, -0.1) is 0 Å². The zero-order valence-electron chi connectivity index (χ0n) is 15.3. The van der Waals surface area contributed by atoms with Crippen molar-refractivity contribution in [2.45, 2.75) is 13.3 Å². The number of anilines is 1. The Morgan fingerprint density at radius 3 is 2.31 bits per heavy atom. The van der Waals surface area contributed by atoms with Crippen LogP contribution in [0.4, 0.5) is 5.69 Å². The van der Waals surface area contributed by atoms with Gasteiger partial charge in [0.1, 0.15) is 11.5 Å². The topological polar surface area (TPSA) is 67.9 Å². The molecule has 6 nitrogen and oxygen atoms in total. The molecule has 1 N–H and O–H groups in total. The number of carbonyl (C=O) groups is 2. The van der Waals surface area contributed by atoms with Gasteiger partial charge in [-0.25, -0.2) is 0 Å². The number of likely N-dealkylation sites (N-methyl/N-ethyl adjacent to an activating group) is 1. The first-order valence-corrected chi connectivity index (χ1v) is 8.41. The Kier molecular flexibility index (Phi) is 7.02. The molecule has 2 rings (SSSR count). The predicted octanol–water partition coefficient (Wildman–Crippen LogP) is 2.73. The number of hydrogen-bond donors (Lipinski definition) is 1. The Bertz CT molecular complexity index is 744. The summed E-state index contributed by atoms with van der Waals surface area (Å²) in [5, 5.41) is 2.79. The Balaban J connectivity index is 1.96. The minimum atomic E-state index is -0.264. The van der Waals surface area contributed by atoms with Gasteiger partial charge in [-0.05, 0) is 36.8 Å². The average molecular weight is 356 g/mol. The summed E-state index contributed by atoms with van der Waals surface area (Å²) in [6.07, 6.45) is 0.236. The van der Waals surface area contributed by atoms with Crippen LogP contribution in [0.25, 0.3) is 0 Å². The lowest BCUT2D eigenvalue weighted by molar-refractivity contribution is -0.133. The first-order valence-electron chi connectivity index (χ1n) is 8.41. The van der Waals surface area contributed by atoms with Crippen molar-refractivity contribution in [2.75, 3.05) is 32.6 Å². The van der Waals surface area contributed by atoms with Gasteiger partial charge in [0.05, 0.1) is 32.9 Å². The molecule has 138 valence electrons. The van der Waals surface area contributed by atoms with Gasteiger partial charge in [0.15, 0.2) is 0 Å². The van der Waals surface area contributed by atoms with Crippen LogP contribution in [-0.4, -0.2) is 44.0 Å². The maximum atomic E-state index is 12.5. The summed E-state index contributed by atoms with van der Waals surface area (Å²) in [6.45, 7) is 2.29. The van der Waals surface area contributed by atoms with E-state index in [4.69, 9.17) is 9.47 Å². The summed E-state index contributed by atoms with van der Waals surface area (Å²) in [7, 11) is 3.14. The third kappa shape index (κ3) is 5.24. The molecule has 0 atom stereocenters. The van der Waals surface area contributed by atoms with E-state index in [2.05, 4.69) is 5.32 Å². The molecule has 6 heteroatoms. The molecule has 0 spiro atoms. The van der Waals surface area contributed by atoms with Crippen molar-refractivity contribution in [3.63, 3.8) is 0 Å². The minimum absolute atomic E-state index is 0.0104. The quantitative estimate of drug-likeness (QED) is 0.790. The lowest BCUT2D eigenvalue weighted by atomic mass is 10.1. The summed E-state index contributed by atoms with van der Waals surface area (Å²) in [6, 6.07) is 14.5. The van der Waals surface area contributed by atoms with Gasteiger partial charge in [-0.3, -0.25) is 9.59 Å². The fourth-order valence-corrected chi connectivity index (χ4v) is 2.52. The number of methoxy groups -OCH3 is 2. The smallest absolute Gasteiger partial charge is 0.244 e. The summed E-state index contributed by atoms with van der Waals surface area (Å²) in [4.78, 5) is 26.3. The predicted molar refractivity (Wildman–Crippen MR) is 101 cm³/mol. The highest BCUT2D eigenvalue weighted by Crippen LogP contribution is 2.22. The van der Waals surface area contributed by atoms with E-state index >= 15 is 0 Å². The van der Waals surface area contributed by atoms with Crippen LogP contribution in [0.15, 0.2) is 48.5 Å². The highest BCUT2D eigenvalue weighted by Gasteiger charge is 2.17. The SMILES string of the molecule is CCN(CC(=O)Nc1ccccc1OC)C(=O)Cc1ccc(OC)cc1. The number of nitrogens with one attached hydrogen (secondary N) is 1. The van der Waals surface area contributed by atoms with Gasteiger partial charge < -0.3 is 19.7 Å². The van der Waals surface area contributed by atoms with Crippen LogP contribution < -0.4 is 14.8 Å². The molecule has 0 heterocycles. The van der Waals surface area contributed by atoms with E-state index in [1.165, 1.54) is 4.90 Å². The maximum absolute atomic E-state index is 12.5. The van der Waals surface area contributed by atoms with E-state index in [0.717, 1.165) is 11.3 Å². The van der Waals surface area contributed by atoms with E-state index in [1.54, 1.807) is 26.4 Å². The van der Waals surface area contributed by atoms with E-state index in [1.807, 2.05) is 43.3 Å². The molecule has 0 aromatic heterocycles. The highest BCUT2D eigenvalue weighted by molar-refractivity contribution is 5.95. The fraction of sp³-hybridized carbons (Fsp3) is 0.300. The second-order valence-electron chi connectivity index (χ2n) is 5.68. The van der Waals surface area contributed by atoms with Crippen LogP contribution >= 0.6 is 0 Å². The molecule has 0 aliphatic rings. The summed E-state index contributed by atoms with van der Waals surface area (Å²) >= 11 is 0. The Morgan fingerprint density at radius 2 is 1.69 bits per heavy atom. The summed E-state index contributed by atoms with van der Waals surface area (Å²) in [5.74, 6) is 0.950. The third-order valence-electron chi connectivity index (χ3n) is 3.96. The monoisotopic (exact) mass is 356 g/mol. The van der Waals surface area contributed by atoms with Gasteiger partial charge in [-0.1, -0.05) is 24.3 Å². The number of nitrogens with zero attached hydrogens (tertiary/aromatic N) is 1. The van der Waals surface area contributed by atoms with Crippen molar-refractivity contribution in [3.05, 3.63) is 54.1 Å². The fourth-order valence-electron chi connectivity index (χ4n) is 2.52. The van der Waals surface area contributed by atoms with Crippen LogP contribution in [0.2, 0.25) is 0 Å². The number of carbonyl (C=O) groups excluding carboxylic acids is 2. The van der Waals surface area contributed by atoms with E-state index < -0.39 is 0 Å². The third-order valence-corrected chi connectivity index (χ3v) is 3.96. The van der Waals surface area contributed by atoms with E-state index in [-0.39, 0.29) is 24.8 Å². The highest BCUT2D eigenvalue weighted by atomic mass is 16.5. The summed E-state index contributed by atoms with van der Waals surface area (Å²) < 4.78 is 10.3.